The van der Waals surface area contributed by atoms with Crippen molar-refractivity contribution in [2.75, 3.05) is 0 Å². The zero-order chi connectivity index (χ0) is 44.2. The zero-order valence-electron chi connectivity index (χ0n) is 34.8. The van der Waals surface area contributed by atoms with Crippen LogP contribution >= 0.6 is 68.0 Å². The van der Waals surface area contributed by atoms with Gasteiger partial charge in [-0.05, 0) is 168 Å². The van der Waals surface area contributed by atoms with E-state index in [1.165, 1.54) is 118 Å². The predicted octanol–water partition coefficient (Wildman–Crippen LogP) is 13.5. The zero-order valence-corrected chi connectivity index (χ0v) is 39.7. The van der Waals surface area contributed by atoms with Crippen LogP contribution in [-0.4, -0.2) is 0 Å². The van der Waals surface area contributed by atoms with Crippen LogP contribution in [0.3, 0.4) is 0 Å². The lowest BCUT2D eigenvalue weighted by Crippen LogP contribution is -1.96. The van der Waals surface area contributed by atoms with Crippen molar-refractivity contribution in [3.05, 3.63) is 159 Å². The molecule has 0 bridgehead atoms. The van der Waals surface area contributed by atoms with Crippen molar-refractivity contribution in [3.8, 4) is 66.0 Å². The summed E-state index contributed by atoms with van der Waals surface area (Å²) in [6, 6.07) is 47.3. The lowest BCUT2D eigenvalue weighted by molar-refractivity contribution is 1.39. The minimum atomic E-state index is 0.139. The van der Waals surface area contributed by atoms with Crippen molar-refractivity contribution >= 4 is 122 Å². The van der Waals surface area contributed by atoms with E-state index in [4.69, 9.17) is 0 Å². The number of nitrogens with zero attached hydrogens (tertiary/aromatic N) is 4. The average Bonchev–Trinajstić information content (AvgIpc) is 4.15. The molecule has 4 nitrogen and oxygen atoms in total. The summed E-state index contributed by atoms with van der Waals surface area (Å²) < 4.78 is 5.90. The van der Waals surface area contributed by atoms with Crippen molar-refractivity contribution in [2.24, 2.45) is 0 Å². The van der Waals surface area contributed by atoms with E-state index >= 15 is 0 Å². The molecule has 0 unspecified atom stereocenters. The summed E-state index contributed by atoms with van der Waals surface area (Å²) in [6.07, 6.45) is 4.26. The lowest BCUT2D eigenvalue weighted by Gasteiger charge is -2.19. The first kappa shape index (κ1) is 41.3. The Balaban J connectivity index is 1.19. The summed E-state index contributed by atoms with van der Waals surface area (Å²) in [5.74, 6) is 0. The van der Waals surface area contributed by atoms with Crippen LogP contribution in [0, 0.1) is 73.0 Å². The molecule has 10 heteroatoms. The highest BCUT2D eigenvalue weighted by atomic mass is 32.1. The van der Waals surface area contributed by atoms with Gasteiger partial charge in [-0.1, -0.05) is 36.4 Å². The highest BCUT2D eigenvalue weighted by molar-refractivity contribution is 7.27. The van der Waals surface area contributed by atoms with Crippen LogP contribution in [0.2, 0.25) is 0 Å². The molecule has 6 heterocycles. The molecule has 304 valence electrons. The molecule has 0 aliphatic rings. The van der Waals surface area contributed by atoms with Gasteiger partial charge in [-0.15, -0.1) is 68.0 Å². The molecule has 0 aliphatic heterocycles. The second kappa shape index (κ2) is 16.8. The smallest absolute Gasteiger partial charge is 0.146 e. The fraction of sp³-hybridized carbons (Fsp3) is 0.0741. The van der Waals surface area contributed by atoms with Crippen molar-refractivity contribution < 1.29 is 0 Å². The maximum Gasteiger partial charge on any atom is 0.146 e. The molecule has 0 saturated heterocycles. The number of rotatable bonds is 6. The molecule has 6 aromatic heterocycles. The van der Waals surface area contributed by atoms with Crippen LogP contribution < -0.4 is 18.1 Å². The van der Waals surface area contributed by atoms with E-state index in [2.05, 4.69) is 125 Å². The van der Waals surface area contributed by atoms with Crippen molar-refractivity contribution in [1.82, 2.24) is 0 Å². The minimum Gasteiger partial charge on any atom is -0.192 e. The van der Waals surface area contributed by atoms with Crippen molar-refractivity contribution in [1.29, 1.82) is 21.0 Å². The van der Waals surface area contributed by atoms with Gasteiger partial charge < -0.3 is 0 Å². The maximum absolute atomic E-state index is 9.38. The molecular weight excluding hydrogens is 897 g/mol. The molecule has 0 spiro atoms. The molecule has 64 heavy (non-hydrogen) atoms. The second-order valence-corrected chi connectivity index (χ2v) is 22.1. The average molecular weight is 929 g/mol. The highest BCUT2D eigenvalue weighted by Gasteiger charge is 2.24. The van der Waals surface area contributed by atoms with Gasteiger partial charge in [0, 0.05) is 58.7 Å². The Hall–Kier alpha value is -6.70. The van der Waals surface area contributed by atoms with E-state index < -0.39 is 0 Å². The van der Waals surface area contributed by atoms with Crippen molar-refractivity contribution in [2.45, 2.75) is 27.7 Å². The van der Waals surface area contributed by atoms with Gasteiger partial charge in [-0.2, -0.15) is 21.0 Å². The van der Waals surface area contributed by atoms with E-state index in [0.717, 1.165) is 18.8 Å². The monoisotopic (exact) mass is 928 g/mol. The fourth-order valence-electron chi connectivity index (χ4n) is 8.52. The maximum atomic E-state index is 9.38. The Morgan fingerprint density at radius 3 is 1.42 bits per heavy atom. The van der Waals surface area contributed by atoms with Gasteiger partial charge in [0.1, 0.15) is 35.4 Å². The summed E-state index contributed by atoms with van der Waals surface area (Å²) in [6.45, 7) is 8.92. The molecule has 0 atom stereocenters. The first-order valence-corrected chi connectivity index (χ1v) is 25.1. The molecule has 0 saturated carbocycles. The molecule has 0 amide bonds. The number of fused-ring (bicyclic) bond motifs is 3. The number of aryl methyl sites for hydroxylation is 4. The first-order valence-electron chi connectivity index (χ1n) is 20.2. The van der Waals surface area contributed by atoms with E-state index in [1.807, 2.05) is 71.2 Å². The Labute approximate surface area is 393 Å². The van der Waals surface area contributed by atoms with Gasteiger partial charge in [-0.25, -0.2) is 0 Å². The summed E-state index contributed by atoms with van der Waals surface area (Å²) in [7, 11) is 0. The summed E-state index contributed by atoms with van der Waals surface area (Å²) in [5.41, 5.74) is 10.3. The number of hydrogen-bond donors (Lipinski definition) is 0. The molecule has 0 fully saturated rings. The minimum absolute atomic E-state index is 0.139. The molecule has 4 aromatic carbocycles. The number of nitriles is 4. The molecular formula is C54H32N4S6. The third kappa shape index (κ3) is 7.31. The normalized spacial score (nSPS) is 11.9. The quantitative estimate of drug-likeness (QED) is 0.166. The lowest BCUT2D eigenvalue weighted by atomic mass is 9.85. The molecule has 0 N–H and O–H groups in total. The van der Waals surface area contributed by atoms with Crippen LogP contribution in [0.15, 0.2) is 109 Å². The third-order valence-corrected chi connectivity index (χ3v) is 18.2. The van der Waals surface area contributed by atoms with Crippen LogP contribution in [-0.2, 0) is 0 Å². The molecule has 0 aliphatic carbocycles. The Bertz CT molecular complexity index is 3680. The molecule has 10 rings (SSSR count). The Morgan fingerprint density at radius 1 is 0.422 bits per heavy atom. The Morgan fingerprint density at radius 2 is 0.906 bits per heavy atom. The summed E-state index contributed by atoms with van der Waals surface area (Å²) >= 11 is 10.1. The predicted molar refractivity (Wildman–Crippen MR) is 275 cm³/mol. The van der Waals surface area contributed by atoms with E-state index in [-0.39, 0.29) is 11.1 Å². The van der Waals surface area contributed by atoms with Crippen LogP contribution in [0.4, 0.5) is 0 Å². The van der Waals surface area contributed by atoms with Crippen LogP contribution in [0.25, 0.3) is 96.0 Å². The van der Waals surface area contributed by atoms with Gasteiger partial charge >= 0.3 is 0 Å². The van der Waals surface area contributed by atoms with Gasteiger partial charge in [0.05, 0.1) is 9.06 Å². The van der Waals surface area contributed by atoms with Crippen molar-refractivity contribution in [3.63, 3.8) is 0 Å². The van der Waals surface area contributed by atoms with Gasteiger partial charge in [0.2, 0.25) is 0 Å². The fourth-order valence-corrected chi connectivity index (χ4v) is 14.9. The molecule has 0 radical (unpaired) electrons. The van der Waals surface area contributed by atoms with Gasteiger partial charge in [0.15, 0.2) is 0 Å². The first-order chi connectivity index (χ1) is 31.1. The van der Waals surface area contributed by atoms with Crippen LogP contribution in [0.1, 0.15) is 32.0 Å². The van der Waals surface area contributed by atoms with E-state index in [0.29, 0.717) is 9.06 Å². The molecule has 10 aromatic rings. The van der Waals surface area contributed by atoms with Gasteiger partial charge in [-0.3, -0.25) is 0 Å². The largest absolute Gasteiger partial charge is 0.192 e. The number of thiophene rings is 6. The van der Waals surface area contributed by atoms with Crippen LogP contribution in [0.5, 0.6) is 0 Å². The summed E-state index contributed by atoms with van der Waals surface area (Å²) in [5, 5.41) is 42.5. The van der Waals surface area contributed by atoms with Gasteiger partial charge in [0.25, 0.3) is 0 Å². The third-order valence-electron chi connectivity index (χ3n) is 11.4. The van der Waals surface area contributed by atoms with E-state index in [9.17, 15) is 21.0 Å². The van der Waals surface area contributed by atoms with E-state index in [1.54, 1.807) is 22.7 Å². The number of hydrogen-bond acceptors (Lipinski definition) is 10. The topological polar surface area (TPSA) is 95.2 Å². The highest BCUT2D eigenvalue weighted by Crippen LogP contribution is 2.52. The SMILES string of the molecule is Cc1cccc(C)c1-c1c2cc(-c3ccc(/C=c4/ccc(=C(C#N)C#N)s4)s3)sc2cc2c(-c3c(C)cccc3C)c3sc(-c4ccc(/C=c5/ccc(=C(C#N)C#N)s5)s4)cc3cc12. The Kier molecular flexibility index (Phi) is 10.8. The standard InChI is InChI=1S/C54H32N4S6/c1-29-7-5-8-30(2)50(29)52-40-19-33-20-48(45-17-13-38(61-45)21-36-11-15-43(59-36)34(25-55)26-56)64-54(33)53(51-31(3)9-6-10-32(51)4)41(40)23-47-42(52)24-49(63-47)46-18-14-39(62-46)22-37-12-16-44(60-37)35(27-57)28-58/h5-24H,1-4H3/b36-21-,37-22-. The second-order valence-electron chi connectivity index (χ2n) is 15.5. The number of benzene rings is 4. The summed E-state index contributed by atoms with van der Waals surface area (Å²) in [4.78, 5) is 7.06.